The Kier molecular flexibility index (Phi) is 9.01. The lowest BCUT2D eigenvalue weighted by molar-refractivity contribution is -0.142. The third-order valence-electron chi connectivity index (χ3n) is 5.06. The number of nitrogens with zero attached hydrogens (tertiary/aromatic N) is 1. The Morgan fingerprint density at radius 2 is 1.64 bits per heavy atom. The summed E-state index contributed by atoms with van der Waals surface area (Å²) in [7, 11) is 1.54. The minimum Gasteiger partial charge on any atom is -0.482 e. The number of nitrogens with one attached hydrogen (secondary N) is 1. The average molecular weight is 506 g/mol. The lowest BCUT2D eigenvalue weighted by atomic mass is 10.0. The standard InChI is InChI=1S/C25H23Cl3N2O3/c1-29-25(32)22(13-17-7-3-2-4-8-17)30(15-18-9-5-6-10-20(18)27)24(31)16-33-23-12-11-19(26)14-21(23)28/h2-12,14,22H,13,15-16H2,1H3,(H,29,32)/t22-/m0/s1. The molecule has 0 spiro atoms. The van der Waals surface area contributed by atoms with E-state index in [9.17, 15) is 9.59 Å². The minimum absolute atomic E-state index is 0.140. The number of halogens is 3. The first-order chi connectivity index (χ1) is 15.9. The second-order valence-corrected chi connectivity index (χ2v) is 8.55. The summed E-state index contributed by atoms with van der Waals surface area (Å²) in [6.07, 6.45) is 0.332. The van der Waals surface area contributed by atoms with Crippen LogP contribution in [0.15, 0.2) is 72.8 Å². The highest BCUT2D eigenvalue weighted by Gasteiger charge is 2.30. The van der Waals surface area contributed by atoms with Crippen molar-refractivity contribution in [1.29, 1.82) is 0 Å². The number of amides is 2. The summed E-state index contributed by atoms with van der Waals surface area (Å²) in [5.74, 6) is -0.346. The van der Waals surface area contributed by atoms with Gasteiger partial charge >= 0.3 is 0 Å². The molecule has 5 nitrogen and oxygen atoms in total. The van der Waals surface area contributed by atoms with Crippen molar-refractivity contribution < 1.29 is 14.3 Å². The molecule has 0 aliphatic carbocycles. The largest absolute Gasteiger partial charge is 0.482 e. The first-order valence-corrected chi connectivity index (χ1v) is 11.4. The molecule has 0 radical (unpaired) electrons. The van der Waals surface area contributed by atoms with Gasteiger partial charge in [-0.25, -0.2) is 0 Å². The smallest absolute Gasteiger partial charge is 0.261 e. The molecule has 33 heavy (non-hydrogen) atoms. The van der Waals surface area contributed by atoms with Crippen LogP contribution in [-0.2, 0) is 22.6 Å². The summed E-state index contributed by atoms with van der Waals surface area (Å²) in [5, 5.41) is 3.93. The first kappa shape index (κ1) is 24.9. The van der Waals surface area contributed by atoms with Crippen LogP contribution < -0.4 is 10.1 Å². The minimum atomic E-state index is -0.773. The molecule has 0 aliphatic heterocycles. The van der Waals surface area contributed by atoms with Crippen molar-refractivity contribution in [3.63, 3.8) is 0 Å². The molecule has 3 aromatic rings. The van der Waals surface area contributed by atoms with Gasteiger partial charge in [-0.1, -0.05) is 83.3 Å². The fraction of sp³-hybridized carbons (Fsp3) is 0.200. The van der Waals surface area contributed by atoms with Gasteiger partial charge < -0.3 is 15.0 Å². The van der Waals surface area contributed by atoms with E-state index in [4.69, 9.17) is 39.5 Å². The van der Waals surface area contributed by atoms with E-state index >= 15 is 0 Å². The highest BCUT2D eigenvalue weighted by molar-refractivity contribution is 6.35. The van der Waals surface area contributed by atoms with Gasteiger partial charge in [-0.2, -0.15) is 0 Å². The Labute approximate surface area is 208 Å². The second kappa shape index (κ2) is 11.9. The van der Waals surface area contributed by atoms with Crippen molar-refractivity contribution in [2.24, 2.45) is 0 Å². The Balaban J connectivity index is 1.89. The Hall–Kier alpha value is -2.73. The number of carbonyl (C=O) groups is 2. The maximum atomic E-state index is 13.4. The van der Waals surface area contributed by atoms with Crippen molar-refractivity contribution in [3.8, 4) is 5.75 Å². The molecule has 1 atom stereocenters. The van der Waals surface area contributed by atoms with Crippen molar-refractivity contribution in [1.82, 2.24) is 10.2 Å². The predicted octanol–water partition coefficient (Wildman–Crippen LogP) is 5.41. The van der Waals surface area contributed by atoms with E-state index in [0.29, 0.717) is 27.2 Å². The van der Waals surface area contributed by atoms with Gasteiger partial charge in [0, 0.05) is 30.1 Å². The topological polar surface area (TPSA) is 58.6 Å². The van der Waals surface area contributed by atoms with E-state index < -0.39 is 6.04 Å². The Bertz CT molecular complexity index is 1110. The number of carbonyl (C=O) groups excluding carboxylic acids is 2. The highest BCUT2D eigenvalue weighted by Crippen LogP contribution is 2.28. The van der Waals surface area contributed by atoms with Gasteiger partial charge in [0.05, 0.1) is 5.02 Å². The Morgan fingerprint density at radius 3 is 2.30 bits per heavy atom. The van der Waals surface area contributed by atoms with E-state index in [1.165, 1.54) is 11.0 Å². The summed E-state index contributed by atoms with van der Waals surface area (Å²) in [6, 6.07) is 20.7. The van der Waals surface area contributed by atoms with Crippen LogP contribution in [0.2, 0.25) is 15.1 Å². The van der Waals surface area contributed by atoms with Crippen LogP contribution in [0.1, 0.15) is 11.1 Å². The van der Waals surface area contributed by atoms with Gasteiger partial charge in [0.1, 0.15) is 11.8 Å². The zero-order chi connectivity index (χ0) is 23.8. The van der Waals surface area contributed by atoms with Crippen LogP contribution in [0.4, 0.5) is 0 Å². The highest BCUT2D eigenvalue weighted by atomic mass is 35.5. The lowest BCUT2D eigenvalue weighted by Crippen LogP contribution is -2.51. The number of likely N-dealkylation sites (N-methyl/N-ethyl adjacent to an activating group) is 1. The normalized spacial score (nSPS) is 11.5. The molecule has 0 aromatic heterocycles. The second-order valence-electron chi connectivity index (χ2n) is 7.30. The maximum Gasteiger partial charge on any atom is 0.261 e. The summed E-state index contributed by atoms with van der Waals surface area (Å²) >= 11 is 18.5. The molecule has 0 aliphatic rings. The van der Waals surface area contributed by atoms with Crippen LogP contribution in [0.3, 0.4) is 0 Å². The molecule has 0 heterocycles. The fourth-order valence-corrected chi connectivity index (χ4v) is 4.00. The number of hydrogen-bond donors (Lipinski definition) is 1. The molecule has 1 N–H and O–H groups in total. The third-order valence-corrected chi connectivity index (χ3v) is 5.96. The number of benzene rings is 3. The molecule has 172 valence electrons. The lowest BCUT2D eigenvalue weighted by Gasteiger charge is -2.31. The number of ether oxygens (including phenoxy) is 1. The van der Waals surface area contributed by atoms with Crippen LogP contribution in [0.25, 0.3) is 0 Å². The summed E-state index contributed by atoms with van der Waals surface area (Å²) < 4.78 is 5.67. The van der Waals surface area contributed by atoms with E-state index in [0.717, 1.165) is 11.1 Å². The van der Waals surface area contributed by atoms with Crippen LogP contribution in [0, 0.1) is 0 Å². The zero-order valence-electron chi connectivity index (χ0n) is 17.9. The van der Waals surface area contributed by atoms with Crippen molar-refractivity contribution in [2.45, 2.75) is 19.0 Å². The summed E-state index contributed by atoms with van der Waals surface area (Å²) in [5.41, 5.74) is 1.64. The quantitative estimate of drug-likeness (QED) is 0.423. The van der Waals surface area contributed by atoms with Crippen molar-refractivity contribution in [2.75, 3.05) is 13.7 Å². The molecule has 0 saturated carbocycles. The number of hydrogen-bond acceptors (Lipinski definition) is 3. The van der Waals surface area contributed by atoms with Gasteiger partial charge in [-0.15, -0.1) is 0 Å². The molecule has 3 rings (SSSR count). The monoisotopic (exact) mass is 504 g/mol. The molecule has 0 unspecified atom stereocenters. The molecule has 8 heteroatoms. The average Bonchev–Trinajstić information content (AvgIpc) is 2.82. The fourth-order valence-electron chi connectivity index (χ4n) is 3.35. The van der Waals surface area contributed by atoms with Gasteiger partial charge in [0.25, 0.3) is 5.91 Å². The van der Waals surface area contributed by atoms with Crippen molar-refractivity contribution >= 4 is 46.6 Å². The van der Waals surface area contributed by atoms with Crippen molar-refractivity contribution in [3.05, 3.63) is 99.0 Å². The molecule has 0 saturated heterocycles. The van der Waals surface area contributed by atoms with E-state index in [2.05, 4.69) is 5.32 Å². The molecular weight excluding hydrogens is 483 g/mol. The number of rotatable bonds is 9. The molecule has 0 bridgehead atoms. The molecule has 2 amide bonds. The van der Waals surface area contributed by atoms with Gasteiger partial charge in [0.15, 0.2) is 6.61 Å². The SMILES string of the molecule is CNC(=O)[C@H](Cc1ccccc1)N(Cc1ccccc1Cl)C(=O)COc1ccc(Cl)cc1Cl. The van der Waals surface area contributed by atoms with E-state index in [1.54, 1.807) is 25.2 Å². The van der Waals surface area contributed by atoms with E-state index in [-0.39, 0.29) is 25.0 Å². The molecular formula is C25H23Cl3N2O3. The summed E-state index contributed by atoms with van der Waals surface area (Å²) in [4.78, 5) is 27.7. The van der Waals surface area contributed by atoms with Gasteiger partial charge in [-0.05, 0) is 35.4 Å². The zero-order valence-corrected chi connectivity index (χ0v) is 20.2. The van der Waals surface area contributed by atoms with Crippen LogP contribution in [0.5, 0.6) is 5.75 Å². The predicted molar refractivity (Wildman–Crippen MR) is 132 cm³/mol. The Morgan fingerprint density at radius 1 is 0.939 bits per heavy atom. The molecule has 0 fully saturated rings. The maximum absolute atomic E-state index is 13.4. The first-order valence-electron chi connectivity index (χ1n) is 10.2. The third kappa shape index (κ3) is 6.87. The van der Waals surface area contributed by atoms with E-state index in [1.807, 2.05) is 48.5 Å². The van der Waals surface area contributed by atoms with Crippen LogP contribution >= 0.6 is 34.8 Å². The van der Waals surface area contributed by atoms with Gasteiger partial charge in [0.2, 0.25) is 5.91 Å². The molecule has 3 aromatic carbocycles. The summed E-state index contributed by atoms with van der Waals surface area (Å²) in [6.45, 7) is -0.171. The van der Waals surface area contributed by atoms with Gasteiger partial charge in [-0.3, -0.25) is 9.59 Å². The van der Waals surface area contributed by atoms with Crippen LogP contribution in [-0.4, -0.2) is 36.4 Å².